The molecular weight excluding hydrogens is 371 g/mol. The summed E-state index contributed by atoms with van der Waals surface area (Å²) < 4.78 is 46.0. The fourth-order valence-corrected chi connectivity index (χ4v) is 4.29. The predicted octanol–water partition coefficient (Wildman–Crippen LogP) is 4.78. The van der Waals surface area contributed by atoms with Crippen molar-refractivity contribution in [3.8, 4) is 0 Å². The van der Waals surface area contributed by atoms with Crippen LogP contribution < -0.4 is 0 Å². The lowest BCUT2D eigenvalue weighted by Gasteiger charge is -2.48. The zero-order valence-corrected chi connectivity index (χ0v) is 16.4. The molecule has 2 fully saturated rings. The number of ether oxygens (including phenoxy) is 1. The molecule has 2 bridgehead atoms. The number of hydrogen-bond donors (Lipinski definition) is 0. The number of ketones is 1. The second-order valence-electron chi connectivity index (χ2n) is 8.77. The van der Waals surface area contributed by atoms with Crippen LogP contribution in [-0.4, -0.2) is 34.5 Å². The highest BCUT2D eigenvalue weighted by atomic mass is 19.2. The van der Waals surface area contributed by atoms with Gasteiger partial charge in [-0.1, -0.05) is 6.07 Å². The molecule has 3 rings (SSSR count). The van der Waals surface area contributed by atoms with Gasteiger partial charge in [0, 0.05) is 24.4 Å². The lowest BCUT2D eigenvalue weighted by atomic mass is 9.76. The van der Waals surface area contributed by atoms with E-state index in [1.165, 1.54) is 0 Å². The Labute approximate surface area is 163 Å². The summed E-state index contributed by atoms with van der Waals surface area (Å²) in [4.78, 5) is 27.1. The molecule has 2 aliphatic rings. The standard InChI is InChI=1S/C21H26F3NO3/c1-21(2,3)28-20(27)25-14-5-4-6-15(25)10-13(9-14)17(26)11-12-7-8-16(22)19(24)18(12)23/h7-8,13-15H,4-6,9-11H2,1-3H3. The Hall–Kier alpha value is -2.05. The van der Waals surface area contributed by atoms with E-state index in [-0.39, 0.29) is 41.9 Å². The molecule has 0 saturated carbocycles. The molecule has 4 nitrogen and oxygen atoms in total. The van der Waals surface area contributed by atoms with Crippen LogP contribution in [0, 0.1) is 23.4 Å². The van der Waals surface area contributed by atoms with Crippen molar-refractivity contribution in [3.05, 3.63) is 35.1 Å². The Morgan fingerprint density at radius 3 is 2.25 bits per heavy atom. The van der Waals surface area contributed by atoms with Crippen molar-refractivity contribution in [2.45, 2.75) is 77.0 Å². The van der Waals surface area contributed by atoms with E-state index in [9.17, 15) is 22.8 Å². The fraction of sp³-hybridized carbons (Fsp3) is 0.619. The minimum absolute atomic E-state index is 0.0916. The molecule has 2 aliphatic heterocycles. The topological polar surface area (TPSA) is 46.6 Å². The summed E-state index contributed by atoms with van der Waals surface area (Å²) in [5, 5.41) is 0. The number of carbonyl (C=O) groups is 2. The first-order valence-electron chi connectivity index (χ1n) is 9.73. The van der Waals surface area contributed by atoms with Gasteiger partial charge < -0.3 is 9.64 Å². The first-order valence-corrected chi connectivity index (χ1v) is 9.73. The normalized spacial score (nSPS) is 24.8. The highest BCUT2D eigenvalue weighted by Gasteiger charge is 2.44. The first kappa shape index (κ1) is 20.7. The van der Waals surface area contributed by atoms with Crippen LogP contribution in [-0.2, 0) is 16.0 Å². The van der Waals surface area contributed by atoms with Gasteiger partial charge in [-0.05, 0) is 64.5 Å². The van der Waals surface area contributed by atoms with E-state index in [0.717, 1.165) is 31.4 Å². The number of carbonyl (C=O) groups excluding carboxylic acids is 2. The maximum atomic E-state index is 13.9. The summed E-state index contributed by atoms with van der Waals surface area (Å²) >= 11 is 0. The highest BCUT2D eigenvalue weighted by molar-refractivity contribution is 5.84. The molecule has 0 aromatic heterocycles. The van der Waals surface area contributed by atoms with Crippen LogP contribution >= 0.6 is 0 Å². The Kier molecular flexibility index (Phi) is 5.73. The fourth-order valence-electron chi connectivity index (χ4n) is 4.29. The second-order valence-corrected chi connectivity index (χ2v) is 8.77. The molecule has 1 aromatic rings. The van der Waals surface area contributed by atoms with Gasteiger partial charge in [0.15, 0.2) is 17.5 Å². The van der Waals surface area contributed by atoms with Gasteiger partial charge in [0.25, 0.3) is 0 Å². The molecular formula is C21H26F3NO3. The summed E-state index contributed by atoms with van der Waals surface area (Å²) in [6.45, 7) is 5.44. The quantitative estimate of drug-likeness (QED) is 0.690. The van der Waals surface area contributed by atoms with E-state index in [0.29, 0.717) is 12.8 Å². The summed E-state index contributed by atoms with van der Waals surface area (Å²) in [6.07, 6.45) is 2.89. The molecule has 154 valence electrons. The number of piperidine rings is 2. The van der Waals surface area contributed by atoms with Crippen molar-refractivity contribution in [1.82, 2.24) is 4.90 Å². The third-order valence-corrected chi connectivity index (χ3v) is 5.51. The maximum Gasteiger partial charge on any atom is 0.410 e. The molecule has 2 atom stereocenters. The molecule has 1 amide bonds. The third kappa shape index (κ3) is 4.33. The Balaban J connectivity index is 1.70. The minimum atomic E-state index is -1.55. The van der Waals surface area contributed by atoms with Gasteiger partial charge in [-0.15, -0.1) is 0 Å². The van der Waals surface area contributed by atoms with Crippen molar-refractivity contribution >= 4 is 11.9 Å². The Morgan fingerprint density at radius 1 is 1.07 bits per heavy atom. The molecule has 2 unspecified atom stereocenters. The van der Waals surface area contributed by atoms with E-state index in [4.69, 9.17) is 4.74 Å². The van der Waals surface area contributed by atoms with Crippen molar-refractivity contribution < 1.29 is 27.5 Å². The van der Waals surface area contributed by atoms with Crippen LogP contribution in [0.15, 0.2) is 12.1 Å². The smallest absolute Gasteiger partial charge is 0.410 e. The molecule has 0 radical (unpaired) electrons. The number of amides is 1. The number of rotatable bonds is 3. The number of Topliss-reactive ketones (excluding diaryl/α,β-unsaturated/α-hetero) is 1. The molecule has 7 heteroatoms. The average molecular weight is 397 g/mol. The van der Waals surface area contributed by atoms with E-state index < -0.39 is 23.1 Å². The summed E-state index contributed by atoms with van der Waals surface area (Å²) in [7, 11) is 0. The predicted molar refractivity (Wildman–Crippen MR) is 97.3 cm³/mol. The second kappa shape index (κ2) is 7.76. The van der Waals surface area contributed by atoms with Gasteiger partial charge in [0.05, 0.1) is 0 Å². The minimum Gasteiger partial charge on any atom is -0.444 e. The van der Waals surface area contributed by atoms with Crippen molar-refractivity contribution in [2.24, 2.45) is 5.92 Å². The number of hydrogen-bond acceptors (Lipinski definition) is 3. The van der Waals surface area contributed by atoms with Crippen LogP contribution in [0.3, 0.4) is 0 Å². The van der Waals surface area contributed by atoms with Crippen molar-refractivity contribution in [1.29, 1.82) is 0 Å². The molecule has 0 N–H and O–H groups in total. The van der Waals surface area contributed by atoms with E-state index in [1.807, 2.05) is 20.8 Å². The SMILES string of the molecule is CC(C)(C)OC(=O)N1C2CCCC1CC(C(=O)Cc1ccc(F)c(F)c1F)C2. The number of nitrogens with zero attached hydrogens (tertiary/aromatic N) is 1. The van der Waals surface area contributed by atoms with Gasteiger partial charge in [-0.2, -0.15) is 0 Å². The van der Waals surface area contributed by atoms with Crippen LogP contribution in [0.4, 0.5) is 18.0 Å². The molecule has 1 aromatic carbocycles. The number of benzene rings is 1. The molecule has 2 heterocycles. The van der Waals surface area contributed by atoms with Crippen LogP contribution in [0.5, 0.6) is 0 Å². The highest BCUT2D eigenvalue weighted by Crippen LogP contribution is 2.38. The number of fused-ring (bicyclic) bond motifs is 2. The van der Waals surface area contributed by atoms with Crippen LogP contribution in [0.25, 0.3) is 0 Å². The molecule has 2 saturated heterocycles. The number of halogens is 3. The molecule has 0 aliphatic carbocycles. The zero-order chi connectivity index (χ0) is 20.6. The van der Waals surface area contributed by atoms with Gasteiger partial charge in [-0.3, -0.25) is 4.79 Å². The Bertz CT molecular complexity index is 761. The summed E-state index contributed by atoms with van der Waals surface area (Å²) in [5.41, 5.74) is -0.731. The first-order chi connectivity index (χ1) is 13.1. The third-order valence-electron chi connectivity index (χ3n) is 5.51. The van der Waals surface area contributed by atoms with E-state index in [2.05, 4.69) is 0 Å². The molecule has 28 heavy (non-hydrogen) atoms. The van der Waals surface area contributed by atoms with Crippen LogP contribution in [0.2, 0.25) is 0 Å². The summed E-state index contributed by atoms with van der Waals surface area (Å²) in [5.74, 6) is -4.66. The molecule has 0 spiro atoms. The van der Waals surface area contributed by atoms with Gasteiger partial charge >= 0.3 is 6.09 Å². The van der Waals surface area contributed by atoms with E-state index >= 15 is 0 Å². The zero-order valence-electron chi connectivity index (χ0n) is 16.4. The van der Waals surface area contributed by atoms with Gasteiger partial charge in [-0.25, -0.2) is 18.0 Å². The van der Waals surface area contributed by atoms with Crippen molar-refractivity contribution in [2.75, 3.05) is 0 Å². The lowest BCUT2D eigenvalue weighted by Crippen LogP contribution is -2.56. The van der Waals surface area contributed by atoms with Crippen molar-refractivity contribution in [3.63, 3.8) is 0 Å². The largest absolute Gasteiger partial charge is 0.444 e. The van der Waals surface area contributed by atoms with Gasteiger partial charge in [0.1, 0.15) is 11.4 Å². The van der Waals surface area contributed by atoms with Gasteiger partial charge in [0.2, 0.25) is 0 Å². The Morgan fingerprint density at radius 2 is 1.68 bits per heavy atom. The summed E-state index contributed by atoms with van der Waals surface area (Å²) in [6, 6.07) is 1.76. The maximum absolute atomic E-state index is 13.9. The van der Waals surface area contributed by atoms with E-state index in [1.54, 1.807) is 4.90 Å². The lowest BCUT2D eigenvalue weighted by molar-refractivity contribution is -0.126. The monoisotopic (exact) mass is 397 g/mol. The van der Waals surface area contributed by atoms with Crippen LogP contribution in [0.1, 0.15) is 58.4 Å². The average Bonchev–Trinajstić information content (AvgIpc) is 2.59.